The highest BCUT2D eigenvalue weighted by Crippen LogP contribution is 2.15. The molecule has 0 bridgehead atoms. The van der Waals surface area contributed by atoms with Gasteiger partial charge in [-0.2, -0.15) is 5.10 Å². The minimum absolute atomic E-state index is 0.113. The van der Waals surface area contributed by atoms with Gasteiger partial charge in [0.2, 0.25) is 5.91 Å². The molecule has 1 aromatic carbocycles. The van der Waals surface area contributed by atoms with Crippen molar-refractivity contribution in [1.82, 2.24) is 15.1 Å². The van der Waals surface area contributed by atoms with Gasteiger partial charge in [0.25, 0.3) is 5.91 Å². The first-order valence-corrected chi connectivity index (χ1v) is 6.63. The molecular weight excluding hydrogens is 268 g/mol. The second-order valence-electron chi connectivity index (χ2n) is 4.76. The van der Waals surface area contributed by atoms with Gasteiger partial charge in [0, 0.05) is 12.7 Å². The fraction of sp³-hybridized carbons (Fsp3) is 0.267. The molecule has 0 spiro atoms. The highest BCUT2D eigenvalue weighted by Gasteiger charge is 2.13. The molecule has 0 aliphatic heterocycles. The zero-order valence-electron chi connectivity index (χ0n) is 12.3. The Bertz CT molecular complexity index is 676. The zero-order valence-corrected chi connectivity index (χ0v) is 12.3. The van der Waals surface area contributed by atoms with E-state index < -0.39 is 0 Å². The van der Waals surface area contributed by atoms with Crippen molar-refractivity contribution < 1.29 is 9.59 Å². The van der Waals surface area contributed by atoms with E-state index in [1.165, 1.54) is 0 Å². The van der Waals surface area contributed by atoms with Gasteiger partial charge in [-0.3, -0.25) is 14.3 Å². The monoisotopic (exact) mass is 286 g/mol. The van der Waals surface area contributed by atoms with Crippen molar-refractivity contribution in [1.29, 1.82) is 0 Å². The first-order valence-electron chi connectivity index (χ1n) is 6.63. The molecule has 1 heterocycles. The Kier molecular flexibility index (Phi) is 4.37. The van der Waals surface area contributed by atoms with Crippen molar-refractivity contribution in [3.8, 4) is 0 Å². The number of hydrogen-bond acceptors (Lipinski definition) is 3. The topological polar surface area (TPSA) is 76.0 Å². The Morgan fingerprint density at radius 3 is 2.57 bits per heavy atom. The van der Waals surface area contributed by atoms with E-state index in [1.54, 1.807) is 36.0 Å². The smallest absolute Gasteiger partial charge is 0.253 e. The number of carbonyl (C=O) groups is 2. The normalized spacial score (nSPS) is 10.2. The maximum Gasteiger partial charge on any atom is 0.253 e. The van der Waals surface area contributed by atoms with E-state index in [0.29, 0.717) is 11.3 Å². The number of nitrogens with one attached hydrogen (secondary N) is 2. The number of para-hydroxylation sites is 1. The van der Waals surface area contributed by atoms with Crippen LogP contribution in [-0.4, -0.2) is 28.6 Å². The van der Waals surface area contributed by atoms with Crippen LogP contribution < -0.4 is 10.6 Å². The van der Waals surface area contributed by atoms with E-state index in [1.807, 2.05) is 19.9 Å². The molecule has 6 heteroatoms. The van der Waals surface area contributed by atoms with E-state index in [2.05, 4.69) is 15.7 Å². The number of anilines is 1. The summed E-state index contributed by atoms with van der Waals surface area (Å²) in [4.78, 5) is 23.9. The summed E-state index contributed by atoms with van der Waals surface area (Å²) in [5, 5.41) is 9.54. The second-order valence-corrected chi connectivity index (χ2v) is 4.76. The van der Waals surface area contributed by atoms with E-state index in [4.69, 9.17) is 0 Å². The van der Waals surface area contributed by atoms with E-state index >= 15 is 0 Å². The number of nitrogens with zero attached hydrogens (tertiary/aromatic N) is 2. The van der Waals surface area contributed by atoms with Crippen molar-refractivity contribution in [2.75, 3.05) is 12.4 Å². The van der Waals surface area contributed by atoms with Crippen LogP contribution in [0.3, 0.4) is 0 Å². The van der Waals surface area contributed by atoms with Crippen LogP contribution in [0.25, 0.3) is 0 Å². The average molecular weight is 286 g/mol. The van der Waals surface area contributed by atoms with Crippen LogP contribution in [0, 0.1) is 13.8 Å². The van der Waals surface area contributed by atoms with Gasteiger partial charge in [0.1, 0.15) is 6.54 Å². The summed E-state index contributed by atoms with van der Waals surface area (Å²) >= 11 is 0. The Balaban J connectivity index is 2.13. The van der Waals surface area contributed by atoms with Gasteiger partial charge in [0.15, 0.2) is 0 Å². The van der Waals surface area contributed by atoms with Crippen LogP contribution in [0.15, 0.2) is 30.3 Å². The zero-order chi connectivity index (χ0) is 15.4. The number of aromatic nitrogens is 2. The van der Waals surface area contributed by atoms with Crippen LogP contribution >= 0.6 is 0 Å². The predicted molar refractivity (Wildman–Crippen MR) is 80.2 cm³/mol. The molecule has 1 aromatic heterocycles. The molecule has 0 unspecified atom stereocenters. The summed E-state index contributed by atoms with van der Waals surface area (Å²) in [5.74, 6) is -0.463. The predicted octanol–water partition coefficient (Wildman–Crippen LogP) is 1.50. The molecule has 0 radical (unpaired) electrons. The molecule has 6 nitrogen and oxygen atoms in total. The molecule has 0 atom stereocenters. The van der Waals surface area contributed by atoms with Crippen molar-refractivity contribution in [3.63, 3.8) is 0 Å². The van der Waals surface area contributed by atoms with Crippen LogP contribution in [0.1, 0.15) is 21.7 Å². The number of carbonyl (C=O) groups excluding carboxylic acids is 2. The maximum atomic E-state index is 12.1. The van der Waals surface area contributed by atoms with Crippen molar-refractivity contribution in [2.24, 2.45) is 0 Å². The van der Waals surface area contributed by atoms with E-state index in [0.717, 1.165) is 11.4 Å². The molecule has 0 aliphatic rings. The number of aryl methyl sites for hydroxylation is 2. The summed E-state index contributed by atoms with van der Waals surface area (Å²) in [6, 6.07) is 8.79. The van der Waals surface area contributed by atoms with E-state index in [-0.39, 0.29) is 18.4 Å². The lowest BCUT2D eigenvalue weighted by Gasteiger charge is -2.10. The lowest BCUT2D eigenvalue weighted by Crippen LogP contribution is -2.24. The summed E-state index contributed by atoms with van der Waals surface area (Å²) in [5.41, 5.74) is 2.71. The molecule has 21 heavy (non-hydrogen) atoms. The highest BCUT2D eigenvalue weighted by atomic mass is 16.2. The third-order valence-corrected chi connectivity index (χ3v) is 3.07. The van der Waals surface area contributed by atoms with Gasteiger partial charge in [-0.25, -0.2) is 0 Å². The van der Waals surface area contributed by atoms with Crippen molar-refractivity contribution in [3.05, 3.63) is 47.3 Å². The van der Waals surface area contributed by atoms with Gasteiger partial charge < -0.3 is 10.6 Å². The molecule has 2 N–H and O–H groups in total. The van der Waals surface area contributed by atoms with Gasteiger partial charge >= 0.3 is 0 Å². The van der Waals surface area contributed by atoms with Crippen LogP contribution in [-0.2, 0) is 11.3 Å². The summed E-state index contributed by atoms with van der Waals surface area (Å²) in [7, 11) is 1.55. The molecule has 0 aliphatic carbocycles. The Morgan fingerprint density at radius 2 is 1.95 bits per heavy atom. The molecule has 0 saturated heterocycles. The van der Waals surface area contributed by atoms with Crippen molar-refractivity contribution in [2.45, 2.75) is 20.4 Å². The van der Waals surface area contributed by atoms with E-state index in [9.17, 15) is 9.59 Å². The van der Waals surface area contributed by atoms with Gasteiger partial charge in [-0.05, 0) is 32.0 Å². The van der Waals surface area contributed by atoms with Gasteiger partial charge in [-0.1, -0.05) is 12.1 Å². The standard InChI is InChI=1S/C15H18N4O2/c1-10-8-11(2)19(18-10)9-14(20)17-13-7-5-4-6-12(13)15(21)16-3/h4-8H,9H2,1-3H3,(H,16,21)(H,17,20). The summed E-state index contributed by atoms with van der Waals surface area (Å²) in [6.45, 7) is 3.88. The number of amides is 2. The largest absolute Gasteiger partial charge is 0.355 e. The SMILES string of the molecule is CNC(=O)c1ccccc1NC(=O)Cn1nc(C)cc1C. The van der Waals surface area contributed by atoms with Crippen LogP contribution in [0.2, 0.25) is 0 Å². The Hall–Kier alpha value is -2.63. The molecule has 0 fully saturated rings. The van der Waals surface area contributed by atoms with Gasteiger partial charge in [0.05, 0.1) is 16.9 Å². The summed E-state index contributed by atoms with van der Waals surface area (Å²) in [6.07, 6.45) is 0. The number of rotatable bonds is 4. The highest BCUT2D eigenvalue weighted by molar-refractivity contribution is 6.03. The Labute approximate surface area is 123 Å². The van der Waals surface area contributed by atoms with Crippen molar-refractivity contribution >= 4 is 17.5 Å². The molecule has 0 saturated carbocycles. The number of benzene rings is 1. The molecule has 2 rings (SSSR count). The Morgan fingerprint density at radius 1 is 1.24 bits per heavy atom. The quantitative estimate of drug-likeness (QED) is 0.894. The van der Waals surface area contributed by atoms with Crippen LogP contribution in [0.4, 0.5) is 5.69 Å². The lowest BCUT2D eigenvalue weighted by atomic mass is 10.1. The fourth-order valence-corrected chi connectivity index (χ4v) is 2.09. The average Bonchev–Trinajstić information content (AvgIpc) is 2.76. The first-order chi connectivity index (χ1) is 10.0. The fourth-order valence-electron chi connectivity index (χ4n) is 2.09. The molecule has 110 valence electrons. The number of hydrogen-bond donors (Lipinski definition) is 2. The third kappa shape index (κ3) is 3.47. The maximum absolute atomic E-state index is 12.1. The molecule has 2 amide bonds. The minimum Gasteiger partial charge on any atom is -0.355 e. The second kappa shape index (κ2) is 6.21. The van der Waals surface area contributed by atoms with Gasteiger partial charge in [-0.15, -0.1) is 0 Å². The van der Waals surface area contributed by atoms with Crippen LogP contribution in [0.5, 0.6) is 0 Å². The third-order valence-electron chi connectivity index (χ3n) is 3.07. The summed E-state index contributed by atoms with van der Waals surface area (Å²) < 4.78 is 1.63. The minimum atomic E-state index is -0.239. The molecular formula is C15H18N4O2. The first kappa shape index (κ1) is 14.8. The lowest BCUT2D eigenvalue weighted by molar-refractivity contribution is -0.116. The molecule has 2 aromatic rings.